The minimum absolute atomic E-state index is 0.00438. The minimum atomic E-state index is -1.13. The van der Waals surface area contributed by atoms with Crippen LogP contribution in [0.25, 0.3) is 11.2 Å². The molecule has 1 fully saturated rings. The molecule has 0 saturated heterocycles. The van der Waals surface area contributed by atoms with Gasteiger partial charge in [-0.15, -0.1) is 0 Å². The average molecular weight is 522 g/mol. The lowest BCUT2D eigenvalue weighted by atomic mass is 10.2. The van der Waals surface area contributed by atoms with Crippen LogP contribution < -0.4 is 21.3 Å². The molecule has 0 amide bonds. The summed E-state index contributed by atoms with van der Waals surface area (Å²) in [6, 6.07) is 5.59. The number of benzene rings is 1. The Labute approximate surface area is 198 Å². The van der Waals surface area contributed by atoms with Crippen LogP contribution in [0.3, 0.4) is 0 Å². The largest absolute Gasteiger partial charge is 0.496 e. The van der Waals surface area contributed by atoms with E-state index in [1.165, 1.54) is 4.57 Å². The third-order valence-electron chi connectivity index (χ3n) is 6.09. The highest BCUT2D eigenvalue weighted by Crippen LogP contribution is 2.32. The third-order valence-corrected chi connectivity index (χ3v) is 6.71. The summed E-state index contributed by atoms with van der Waals surface area (Å²) in [6.07, 6.45) is 2.89. The van der Waals surface area contributed by atoms with Gasteiger partial charge in [-0.25, -0.2) is 4.79 Å². The molecule has 0 radical (unpaired) electrons. The molecule has 0 spiro atoms. The van der Waals surface area contributed by atoms with E-state index in [9.17, 15) is 19.8 Å². The van der Waals surface area contributed by atoms with Gasteiger partial charge in [-0.3, -0.25) is 18.5 Å². The first-order valence-electron chi connectivity index (χ1n) is 11.0. The fourth-order valence-corrected chi connectivity index (χ4v) is 4.99. The van der Waals surface area contributed by atoms with Crippen molar-refractivity contribution in [2.75, 3.05) is 19.0 Å². The zero-order chi connectivity index (χ0) is 23.8. The Balaban J connectivity index is 1.95. The summed E-state index contributed by atoms with van der Waals surface area (Å²) in [5, 5.41) is 23.7. The van der Waals surface area contributed by atoms with Gasteiger partial charge in [0, 0.05) is 6.54 Å². The molecule has 4 rings (SSSR count). The molecule has 3 N–H and O–H groups in total. The summed E-state index contributed by atoms with van der Waals surface area (Å²) < 4.78 is 10.2. The van der Waals surface area contributed by atoms with Gasteiger partial charge in [-0.1, -0.05) is 6.07 Å². The summed E-state index contributed by atoms with van der Waals surface area (Å²) >= 11 is 3.49. The predicted octanol–water partition coefficient (Wildman–Crippen LogP) is 1.87. The van der Waals surface area contributed by atoms with Gasteiger partial charge in [0.05, 0.1) is 31.3 Å². The molecule has 0 unspecified atom stereocenters. The van der Waals surface area contributed by atoms with Crippen molar-refractivity contribution in [2.24, 2.45) is 0 Å². The summed E-state index contributed by atoms with van der Waals surface area (Å²) in [5.74, 6) is 0.983. The van der Waals surface area contributed by atoms with Crippen LogP contribution in [-0.4, -0.2) is 48.3 Å². The van der Waals surface area contributed by atoms with Crippen LogP contribution in [0, 0.1) is 0 Å². The lowest BCUT2D eigenvalue weighted by Gasteiger charge is -2.24. The molecular formula is C22H28BrN5O5. The number of nitrogens with one attached hydrogen (secondary N) is 1. The van der Waals surface area contributed by atoms with E-state index < -0.39 is 17.0 Å². The SMILES string of the molecule is CCn1c(=O)c2c(nc(NC3(O)CCCC3)n2Cc2ccc(OC)c(Br)c2)n(CCO)c1=O. The molecule has 10 nitrogen and oxygen atoms in total. The molecule has 3 aromatic rings. The quantitative estimate of drug-likeness (QED) is 0.386. The number of hydrogen-bond donors (Lipinski definition) is 3. The van der Waals surface area contributed by atoms with Gasteiger partial charge in [0.15, 0.2) is 11.2 Å². The van der Waals surface area contributed by atoms with E-state index in [0.29, 0.717) is 24.5 Å². The normalized spacial score (nSPS) is 15.3. The number of methoxy groups -OCH3 is 1. The monoisotopic (exact) mass is 521 g/mol. The molecule has 33 heavy (non-hydrogen) atoms. The number of fused-ring (bicyclic) bond motifs is 1. The highest BCUT2D eigenvalue weighted by molar-refractivity contribution is 9.10. The van der Waals surface area contributed by atoms with Gasteiger partial charge in [-0.2, -0.15) is 4.98 Å². The highest BCUT2D eigenvalue weighted by atomic mass is 79.9. The Kier molecular flexibility index (Phi) is 6.64. The van der Waals surface area contributed by atoms with E-state index in [0.717, 1.165) is 27.4 Å². The van der Waals surface area contributed by atoms with Gasteiger partial charge in [0.2, 0.25) is 5.95 Å². The van der Waals surface area contributed by atoms with Crippen molar-refractivity contribution in [3.05, 3.63) is 49.1 Å². The Bertz CT molecular complexity index is 1290. The number of aromatic nitrogens is 4. The van der Waals surface area contributed by atoms with Crippen molar-refractivity contribution in [1.29, 1.82) is 0 Å². The zero-order valence-corrected chi connectivity index (χ0v) is 20.3. The average Bonchev–Trinajstić information content (AvgIpc) is 3.36. The van der Waals surface area contributed by atoms with E-state index in [2.05, 4.69) is 26.2 Å². The second-order valence-corrected chi connectivity index (χ2v) is 9.09. The van der Waals surface area contributed by atoms with E-state index in [-0.39, 0.29) is 37.4 Å². The maximum absolute atomic E-state index is 13.4. The summed E-state index contributed by atoms with van der Waals surface area (Å²) in [7, 11) is 1.58. The highest BCUT2D eigenvalue weighted by Gasteiger charge is 2.33. The molecule has 178 valence electrons. The molecule has 1 saturated carbocycles. The van der Waals surface area contributed by atoms with Crippen LogP contribution >= 0.6 is 15.9 Å². The minimum Gasteiger partial charge on any atom is -0.496 e. The molecule has 0 aliphatic heterocycles. The lowest BCUT2D eigenvalue weighted by Crippen LogP contribution is -2.40. The lowest BCUT2D eigenvalue weighted by molar-refractivity contribution is 0.0767. The maximum Gasteiger partial charge on any atom is 0.332 e. The van der Waals surface area contributed by atoms with Crippen LogP contribution in [0.5, 0.6) is 5.75 Å². The Morgan fingerprint density at radius 2 is 1.94 bits per heavy atom. The van der Waals surface area contributed by atoms with E-state index in [1.54, 1.807) is 18.6 Å². The third kappa shape index (κ3) is 4.32. The van der Waals surface area contributed by atoms with E-state index >= 15 is 0 Å². The topological polar surface area (TPSA) is 124 Å². The van der Waals surface area contributed by atoms with Crippen molar-refractivity contribution < 1.29 is 14.9 Å². The van der Waals surface area contributed by atoms with Crippen LogP contribution in [-0.2, 0) is 19.6 Å². The first-order chi connectivity index (χ1) is 15.8. The number of ether oxygens (including phenoxy) is 1. The van der Waals surface area contributed by atoms with Crippen LogP contribution in [0.2, 0.25) is 0 Å². The van der Waals surface area contributed by atoms with E-state index in [1.807, 2.05) is 18.2 Å². The number of rotatable bonds is 8. The molecule has 0 atom stereocenters. The first-order valence-corrected chi connectivity index (χ1v) is 11.8. The van der Waals surface area contributed by atoms with Crippen LogP contribution in [0.1, 0.15) is 38.2 Å². The second-order valence-electron chi connectivity index (χ2n) is 8.23. The number of halogens is 1. The molecule has 1 aromatic carbocycles. The number of aliphatic hydroxyl groups excluding tert-OH is 1. The maximum atomic E-state index is 13.4. The van der Waals surface area contributed by atoms with Crippen molar-refractivity contribution in [3.8, 4) is 5.75 Å². The molecule has 1 aliphatic carbocycles. The van der Waals surface area contributed by atoms with E-state index in [4.69, 9.17) is 4.74 Å². The predicted molar refractivity (Wildman–Crippen MR) is 128 cm³/mol. The fraction of sp³-hybridized carbons (Fsp3) is 0.500. The van der Waals surface area contributed by atoms with Gasteiger partial charge in [-0.05, 0) is 66.2 Å². The molecule has 11 heteroatoms. The standard InChI is InChI=1S/C22H28BrN5O5/c1-3-26-19(30)17-18(27(10-11-29)21(26)31)24-20(25-22(32)8-4-5-9-22)28(17)13-14-6-7-16(33-2)15(23)12-14/h6-7,12,29,32H,3-5,8-11,13H2,1-2H3,(H,24,25). The van der Waals surface area contributed by atoms with Gasteiger partial charge < -0.3 is 20.3 Å². The zero-order valence-electron chi connectivity index (χ0n) is 18.7. The van der Waals surface area contributed by atoms with Gasteiger partial charge in [0.25, 0.3) is 5.56 Å². The Morgan fingerprint density at radius 1 is 1.21 bits per heavy atom. The van der Waals surface area contributed by atoms with Crippen molar-refractivity contribution >= 4 is 33.0 Å². The number of aliphatic hydroxyl groups is 2. The molecular weight excluding hydrogens is 494 g/mol. The number of anilines is 1. The van der Waals surface area contributed by atoms with Crippen molar-refractivity contribution in [2.45, 2.75) is 58.0 Å². The smallest absolute Gasteiger partial charge is 0.332 e. The second kappa shape index (κ2) is 9.32. The summed E-state index contributed by atoms with van der Waals surface area (Å²) in [6.45, 7) is 1.91. The van der Waals surface area contributed by atoms with Crippen LogP contribution in [0.15, 0.2) is 32.3 Å². The van der Waals surface area contributed by atoms with Gasteiger partial charge >= 0.3 is 5.69 Å². The molecule has 0 bridgehead atoms. The number of nitrogens with zero attached hydrogens (tertiary/aromatic N) is 4. The van der Waals surface area contributed by atoms with Crippen molar-refractivity contribution in [3.63, 3.8) is 0 Å². The van der Waals surface area contributed by atoms with Gasteiger partial charge in [0.1, 0.15) is 11.5 Å². The molecule has 2 aromatic heterocycles. The molecule has 2 heterocycles. The number of imidazole rings is 1. The summed E-state index contributed by atoms with van der Waals surface area (Å²) in [4.78, 5) is 30.8. The van der Waals surface area contributed by atoms with Crippen molar-refractivity contribution in [1.82, 2.24) is 18.7 Å². The fourth-order valence-electron chi connectivity index (χ4n) is 4.40. The van der Waals surface area contributed by atoms with Crippen LogP contribution in [0.4, 0.5) is 5.95 Å². The summed E-state index contributed by atoms with van der Waals surface area (Å²) in [5.41, 5.74) is -0.830. The molecule has 1 aliphatic rings. The Morgan fingerprint density at radius 3 is 2.55 bits per heavy atom. The first kappa shape index (κ1) is 23.5. The Hall–Kier alpha value is -2.63. The number of hydrogen-bond acceptors (Lipinski definition) is 7.